The van der Waals surface area contributed by atoms with E-state index < -0.39 is 17.7 Å². The third-order valence-corrected chi connectivity index (χ3v) is 6.39. The highest BCUT2D eigenvalue weighted by Crippen LogP contribution is 2.43. The van der Waals surface area contributed by atoms with Gasteiger partial charge in [0.2, 0.25) is 0 Å². The number of methoxy groups -OCH3 is 1. The Balaban J connectivity index is 1.88. The predicted molar refractivity (Wildman–Crippen MR) is 146 cm³/mol. The molecular weight excluding hydrogens is 492 g/mol. The molecule has 0 saturated carbocycles. The number of amides is 1. The fraction of sp³-hybridized carbons (Fsp3) is 0.241. The molecule has 1 aliphatic rings. The molecule has 7 nitrogen and oxygen atoms in total. The van der Waals surface area contributed by atoms with E-state index in [1.54, 1.807) is 36.4 Å². The van der Waals surface area contributed by atoms with Crippen LogP contribution in [-0.4, -0.2) is 44.1 Å². The van der Waals surface area contributed by atoms with Gasteiger partial charge < -0.3 is 19.5 Å². The van der Waals surface area contributed by atoms with Crippen LogP contribution in [0.2, 0.25) is 5.02 Å². The van der Waals surface area contributed by atoms with Crippen molar-refractivity contribution in [2.75, 3.05) is 31.0 Å². The zero-order valence-electron chi connectivity index (χ0n) is 21.4. The van der Waals surface area contributed by atoms with Crippen molar-refractivity contribution in [3.8, 4) is 11.5 Å². The van der Waals surface area contributed by atoms with Crippen molar-refractivity contribution in [1.82, 2.24) is 0 Å². The molecule has 0 bridgehead atoms. The Labute approximate surface area is 221 Å². The van der Waals surface area contributed by atoms with Gasteiger partial charge in [-0.05, 0) is 74.0 Å². The number of rotatable bonds is 7. The lowest BCUT2D eigenvalue weighted by Gasteiger charge is -2.26. The average Bonchev–Trinajstić information content (AvgIpc) is 3.14. The number of ketones is 1. The van der Waals surface area contributed by atoms with Gasteiger partial charge in [-0.1, -0.05) is 23.7 Å². The van der Waals surface area contributed by atoms with E-state index >= 15 is 0 Å². The van der Waals surface area contributed by atoms with Gasteiger partial charge in [-0.25, -0.2) is 0 Å². The number of anilines is 2. The lowest BCUT2D eigenvalue weighted by atomic mass is 9.94. The lowest BCUT2D eigenvalue weighted by molar-refractivity contribution is -0.132. The predicted octanol–water partition coefficient (Wildman–Crippen LogP) is 5.83. The van der Waals surface area contributed by atoms with E-state index in [9.17, 15) is 14.7 Å². The van der Waals surface area contributed by atoms with Gasteiger partial charge in [0.15, 0.2) is 0 Å². The average molecular weight is 521 g/mol. The van der Waals surface area contributed by atoms with Crippen molar-refractivity contribution < 1.29 is 24.2 Å². The molecule has 1 aliphatic heterocycles. The quantitative estimate of drug-likeness (QED) is 0.240. The van der Waals surface area contributed by atoms with Crippen LogP contribution in [0.1, 0.15) is 31.0 Å². The fourth-order valence-corrected chi connectivity index (χ4v) is 4.48. The SMILES string of the molecule is COc1cc(/C(O)=C2/C(=O)C(=O)N(c3ccc(OC(C)C)cc3)C2c2ccc(N(C)C)cc2)ccc1Cl. The van der Waals surface area contributed by atoms with Crippen LogP contribution in [0.25, 0.3) is 5.76 Å². The van der Waals surface area contributed by atoms with Crippen LogP contribution in [-0.2, 0) is 9.59 Å². The number of hydrogen-bond acceptors (Lipinski definition) is 6. The Hall–Kier alpha value is -3.97. The van der Waals surface area contributed by atoms with Crippen LogP contribution < -0.4 is 19.3 Å². The number of carbonyl (C=O) groups is 2. The van der Waals surface area contributed by atoms with Gasteiger partial charge in [-0.2, -0.15) is 0 Å². The summed E-state index contributed by atoms with van der Waals surface area (Å²) in [6.45, 7) is 3.85. The van der Waals surface area contributed by atoms with E-state index in [1.165, 1.54) is 18.1 Å². The molecule has 0 radical (unpaired) electrons. The number of halogens is 1. The Morgan fingerprint density at radius 2 is 1.65 bits per heavy atom. The molecule has 1 unspecified atom stereocenters. The van der Waals surface area contributed by atoms with Crippen molar-refractivity contribution in [1.29, 1.82) is 0 Å². The first kappa shape index (κ1) is 26.1. The Kier molecular flexibility index (Phi) is 7.45. The first-order valence-corrected chi connectivity index (χ1v) is 12.2. The minimum Gasteiger partial charge on any atom is -0.507 e. The van der Waals surface area contributed by atoms with Crippen LogP contribution in [0.3, 0.4) is 0 Å². The number of Topliss-reactive ketones (excluding diaryl/α,β-unsaturated/α-hetero) is 1. The van der Waals surface area contributed by atoms with Gasteiger partial charge in [0.05, 0.1) is 29.9 Å². The van der Waals surface area contributed by atoms with Crippen molar-refractivity contribution in [3.63, 3.8) is 0 Å². The normalized spacial score (nSPS) is 16.8. The van der Waals surface area contributed by atoms with Crippen molar-refractivity contribution in [2.45, 2.75) is 26.0 Å². The molecule has 8 heteroatoms. The minimum atomic E-state index is -0.852. The second-order valence-electron chi connectivity index (χ2n) is 9.16. The van der Waals surface area contributed by atoms with E-state index in [2.05, 4.69) is 0 Å². The summed E-state index contributed by atoms with van der Waals surface area (Å²) in [6.07, 6.45) is -0.00773. The molecule has 3 aromatic carbocycles. The molecule has 1 N–H and O–H groups in total. The molecule has 1 heterocycles. The van der Waals surface area contributed by atoms with Gasteiger partial charge in [-0.3, -0.25) is 14.5 Å². The number of benzene rings is 3. The van der Waals surface area contributed by atoms with Crippen LogP contribution in [0.4, 0.5) is 11.4 Å². The molecule has 0 aromatic heterocycles. The molecule has 4 rings (SSSR count). The van der Waals surface area contributed by atoms with Crippen LogP contribution in [0.5, 0.6) is 11.5 Å². The number of aliphatic hydroxyl groups is 1. The lowest BCUT2D eigenvalue weighted by Crippen LogP contribution is -2.29. The van der Waals surface area contributed by atoms with Gasteiger partial charge in [0.1, 0.15) is 17.3 Å². The molecule has 1 fully saturated rings. The maximum atomic E-state index is 13.4. The van der Waals surface area contributed by atoms with Crippen molar-refractivity contribution in [2.24, 2.45) is 0 Å². The maximum absolute atomic E-state index is 13.4. The van der Waals surface area contributed by atoms with E-state index in [0.717, 1.165) is 5.69 Å². The highest BCUT2D eigenvalue weighted by atomic mass is 35.5. The van der Waals surface area contributed by atoms with Gasteiger partial charge in [0, 0.05) is 31.0 Å². The van der Waals surface area contributed by atoms with Crippen LogP contribution in [0.15, 0.2) is 72.3 Å². The highest BCUT2D eigenvalue weighted by molar-refractivity contribution is 6.51. The maximum Gasteiger partial charge on any atom is 0.300 e. The van der Waals surface area contributed by atoms with Crippen LogP contribution >= 0.6 is 11.6 Å². The number of nitrogens with zero attached hydrogens (tertiary/aromatic N) is 2. The summed E-state index contributed by atoms with van der Waals surface area (Å²) >= 11 is 6.16. The molecule has 192 valence electrons. The zero-order chi connectivity index (χ0) is 26.9. The number of ether oxygens (including phenoxy) is 2. The van der Waals surface area contributed by atoms with E-state index in [0.29, 0.717) is 33.3 Å². The summed E-state index contributed by atoms with van der Waals surface area (Å²) in [7, 11) is 5.31. The van der Waals surface area contributed by atoms with Crippen LogP contribution in [0, 0.1) is 0 Å². The zero-order valence-corrected chi connectivity index (χ0v) is 22.1. The standard InChI is InChI=1S/C29H29ClN2O5/c1-17(2)37-22-13-11-21(12-14-22)32-26(18-6-9-20(10-7-18)31(3)4)25(28(34)29(32)35)27(33)19-8-15-23(30)24(16-19)36-5/h6-17,26,33H,1-5H3/b27-25-. The van der Waals surface area contributed by atoms with Gasteiger partial charge in [-0.15, -0.1) is 0 Å². The smallest absolute Gasteiger partial charge is 0.300 e. The van der Waals surface area contributed by atoms with Gasteiger partial charge >= 0.3 is 0 Å². The third-order valence-electron chi connectivity index (χ3n) is 6.08. The second kappa shape index (κ2) is 10.6. The third kappa shape index (κ3) is 5.13. The summed E-state index contributed by atoms with van der Waals surface area (Å²) < 4.78 is 11.0. The Morgan fingerprint density at radius 1 is 1.00 bits per heavy atom. The Bertz CT molecular complexity index is 1350. The van der Waals surface area contributed by atoms with E-state index in [1.807, 2.05) is 57.1 Å². The molecule has 1 amide bonds. The first-order chi connectivity index (χ1) is 17.6. The number of carbonyl (C=O) groups excluding carboxylic acids is 2. The van der Waals surface area contributed by atoms with Gasteiger partial charge in [0.25, 0.3) is 11.7 Å². The molecule has 1 saturated heterocycles. The highest BCUT2D eigenvalue weighted by Gasteiger charge is 2.47. The number of aliphatic hydroxyl groups excluding tert-OH is 1. The summed E-state index contributed by atoms with van der Waals surface area (Å²) in [6, 6.07) is 18.3. The van der Waals surface area contributed by atoms with E-state index in [4.69, 9.17) is 21.1 Å². The molecule has 0 spiro atoms. The topological polar surface area (TPSA) is 79.3 Å². The number of hydrogen-bond donors (Lipinski definition) is 1. The first-order valence-electron chi connectivity index (χ1n) is 11.8. The van der Waals surface area contributed by atoms with E-state index in [-0.39, 0.29) is 17.4 Å². The molecule has 1 atom stereocenters. The summed E-state index contributed by atoms with van der Waals surface area (Å²) in [4.78, 5) is 30.2. The monoisotopic (exact) mass is 520 g/mol. The summed E-state index contributed by atoms with van der Waals surface area (Å²) in [5, 5.41) is 11.7. The Morgan fingerprint density at radius 3 is 2.22 bits per heavy atom. The summed E-state index contributed by atoms with van der Waals surface area (Å²) in [5.74, 6) is -0.836. The van der Waals surface area contributed by atoms with Crippen molar-refractivity contribution in [3.05, 3.63) is 88.5 Å². The minimum absolute atomic E-state index is 0.00773. The second-order valence-corrected chi connectivity index (χ2v) is 9.57. The molecular formula is C29H29ClN2O5. The largest absolute Gasteiger partial charge is 0.507 e. The molecule has 0 aliphatic carbocycles. The summed E-state index contributed by atoms with van der Waals surface area (Å²) in [5.41, 5.74) is 2.44. The van der Waals surface area contributed by atoms with Crippen molar-refractivity contribution >= 4 is 40.4 Å². The molecule has 3 aromatic rings. The molecule has 37 heavy (non-hydrogen) atoms. The fourth-order valence-electron chi connectivity index (χ4n) is 4.29.